The molecule has 0 spiro atoms. The monoisotopic (exact) mass is 280 g/mol. The van der Waals surface area contributed by atoms with Gasteiger partial charge in [0.05, 0.1) is 0 Å². The number of nitrogens with two attached hydrogens (primary N) is 1. The van der Waals surface area contributed by atoms with Gasteiger partial charge in [-0.15, -0.1) is 11.8 Å². The minimum absolute atomic E-state index is 0.294. The van der Waals surface area contributed by atoms with Gasteiger partial charge in [-0.2, -0.15) is 0 Å². The molecule has 0 aliphatic carbocycles. The van der Waals surface area contributed by atoms with Crippen LogP contribution >= 0.6 is 11.8 Å². The van der Waals surface area contributed by atoms with Gasteiger partial charge in [-0.05, 0) is 57.0 Å². The Morgan fingerprint density at radius 1 is 1.37 bits per heavy atom. The molecule has 4 heteroatoms. The fraction of sp³-hybridized carbons (Fsp3) is 0.533. The van der Waals surface area contributed by atoms with Crippen molar-refractivity contribution in [3.05, 3.63) is 29.3 Å². The summed E-state index contributed by atoms with van der Waals surface area (Å²) in [5.41, 5.74) is 7.42. The summed E-state index contributed by atoms with van der Waals surface area (Å²) in [6.45, 7) is 8.94. The molecule has 1 unspecified atom stereocenters. The van der Waals surface area contributed by atoms with Crippen LogP contribution in [0, 0.1) is 13.8 Å². The molecule has 3 nitrogen and oxygen atoms in total. The number of aryl methyl sites for hydroxylation is 2. The summed E-state index contributed by atoms with van der Waals surface area (Å²) < 4.78 is 0. The number of carbonyl (C=O) groups is 1. The van der Waals surface area contributed by atoms with Gasteiger partial charge in [0.1, 0.15) is 5.54 Å². The van der Waals surface area contributed by atoms with Crippen LogP contribution in [0.25, 0.3) is 0 Å². The number of carbonyl (C=O) groups excluding carboxylic acids is 1. The number of nitrogens with one attached hydrogen (secondary N) is 1. The van der Waals surface area contributed by atoms with E-state index in [9.17, 15) is 4.79 Å². The van der Waals surface area contributed by atoms with Crippen LogP contribution in [-0.4, -0.2) is 23.7 Å². The van der Waals surface area contributed by atoms with Crippen LogP contribution < -0.4 is 11.1 Å². The molecule has 0 saturated carbocycles. The zero-order valence-electron chi connectivity index (χ0n) is 12.2. The van der Waals surface area contributed by atoms with Gasteiger partial charge >= 0.3 is 0 Å². The van der Waals surface area contributed by atoms with Gasteiger partial charge in [-0.25, -0.2) is 0 Å². The van der Waals surface area contributed by atoms with E-state index in [1.54, 1.807) is 11.8 Å². The first-order valence-electron chi connectivity index (χ1n) is 6.64. The molecular formula is C15H24N2OS. The van der Waals surface area contributed by atoms with Crippen molar-refractivity contribution < 1.29 is 4.79 Å². The van der Waals surface area contributed by atoms with E-state index in [1.165, 1.54) is 16.0 Å². The molecular weight excluding hydrogens is 256 g/mol. The predicted octanol–water partition coefficient (Wildman–Crippen LogP) is 2.64. The van der Waals surface area contributed by atoms with Crippen molar-refractivity contribution in [2.24, 2.45) is 5.73 Å². The van der Waals surface area contributed by atoms with Crippen LogP contribution in [0.2, 0.25) is 0 Å². The number of amides is 1. The largest absolute Gasteiger partial charge is 0.368 e. The summed E-state index contributed by atoms with van der Waals surface area (Å²) in [7, 11) is 0. The third-order valence-corrected chi connectivity index (χ3v) is 4.62. The van der Waals surface area contributed by atoms with E-state index in [2.05, 4.69) is 44.3 Å². The SMILES string of the molecule is CCCNC(C)(CSc1ccc(C)c(C)c1)C(N)=O. The Morgan fingerprint density at radius 3 is 2.58 bits per heavy atom. The Balaban J connectivity index is 2.70. The van der Waals surface area contributed by atoms with Gasteiger partial charge in [0, 0.05) is 10.6 Å². The van der Waals surface area contributed by atoms with Crippen molar-refractivity contribution in [1.82, 2.24) is 5.32 Å². The number of rotatable bonds is 7. The van der Waals surface area contributed by atoms with Gasteiger partial charge in [-0.1, -0.05) is 13.0 Å². The zero-order valence-corrected chi connectivity index (χ0v) is 13.1. The molecule has 1 aromatic carbocycles. The van der Waals surface area contributed by atoms with Crippen molar-refractivity contribution in [3.63, 3.8) is 0 Å². The maximum Gasteiger partial charge on any atom is 0.238 e. The molecule has 1 rings (SSSR count). The average molecular weight is 280 g/mol. The van der Waals surface area contributed by atoms with Crippen molar-refractivity contribution in [3.8, 4) is 0 Å². The summed E-state index contributed by atoms with van der Waals surface area (Å²) in [4.78, 5) is 12.8. The lowest BCUT2D eigenvalue weighted by molar-refractivity contribution is -0.122. The van der Waals surface area contributed by atoms with E-state index >= 15 is 0 Å². The third-order valence-electron chi connectivity index (χ3n) is 3.31. The molecule has 3 N–H and O–H groups in total. The molecule has 1 atom stereocenters. The normalized spacial score (nSPS) is 14.1. The number of thioether (sulfide) groups is 1. The number of hydrogen-bond acceptors (Lipinski definition) is 3. The lowest BCUT2D eigenvalue weighted by Gasteiger charge is -2.27. The predicted molar refractivity (Wildman–Crippen MR) is 82.5 cm³/mol. The zero-order chi connectivity index (χ0) is 14.5. The van der Waals surface area contributed by atoms with Crippen molar-refractivity contribution in [2.45, 2.75) is 44.6 Å². The summed E-state index contributed by atoms with van der Waals surface area (Å²) in [6.07, 6.45) is 0.983. The molecule has 0 radical (unpaired) electrons. The van der Waals surface area contributed by atoms with E-state index in [4.69, 9.17) is 5.73 Å². The highest BCUT2D eigenvalue weighted by atomic mass is 32.2. The Labute approximate surface area is 120 Å². The summed E-state index contributed by atoms with van der Waals surface area (Å²) >= 11 is 1.67. The van der Waals surface area contributed by atoms with Crippen LogP contribution in [-0.2, 0) is 4.79 Å². The Morgan fingerprint density at radius 2 is 2.05 bits per heavy atom. The second-order valence-electron chi connectivity index (χ2n) is 5.16. The quantitative estimate of drug-likeness (QED) is 0.755. The van der Waals surface area contributed by atoms with Crippen LogP contribution in [0.4, 0.5) is 0 Å². The second kappa shape index (κ2) is 6.96. The van der Waals surface area contributed by atoms with Crippen LogP contribution in [0.5, 0.6) is 0 Å². The van der Waals surface area contributed by atoms with Crippen LogP contribution in [0.3, 0.4) is 0 Å². The van der Waals surface area contributed by atoms with Gasteiger partial charge < -0.3 is 11.1 Å². The molecule has 0 aromatic heterocycles. The Bertz CT molecular complexity index is 448. The lowest BCUT2D eigenvalue weighted by Crippen LogP contribution is -2.55. The fourth-order valence-electron chi connectivity index (χ4n) is 1.64. The minimum Gasteiger partial charge on any atom is -0.368 e. The molecule has 19 heavy (non-hydrogen) atoms. The van der Waals surface area contributed by atoms with Crippen molar-refractivity contribution >= 4 is 17.7 Å². The number of primary amides is 1. The third kappa shape index (κ3) is 4.55. The van der Waals surface area contributed by atoms with E-state index < -0.39 is 5.54 Å². The summed E-state index contributed by atoms with van der Waals surface area (Å²) in [6, 6.07) is 6.36. The van der Waals surface area contributed by atoms with E-state index in [-0.39, 0.29) is 5.91 Å². The first-order valence-corrected chi connectivity index (χ1v) is 7.62. The van der Waals surface area contributed by atoms with E-state index in [0.717, 1.165) is 13.0 Å². The maximum atomic E-state index is 11.6. The standard InChI is InChI=1S/C15H24N2OS/c1-5-8-17-15(4,14(16)18)10-19-13-7-6-11(2)12(3)9-13/h6-7,9,17H,5,8,10H2,1-4H3,(H2,16,18). The minimum atomic E-state index is -0.653. The Kier molecular flexibility index (Phi) is 5.88. The van der Waals surface area contributed by atoms with Crippen molar-refractivity contribution in [1.29, 1.82) is 0 Å². The molecule has 0 aliphatic rings. The average Bonchev–Trinajstić information content (AvgIpc) is 2.37. The topological polar surface area (TPSA) is 55.1 Å². The molecule has 1 aromatic rings. The first kappa shape index (κ1) is 16.1. The second-order valence-corrected chi connectivity index (χ2v) is 6.21. The van der Waals surface area contributed by atoms with Crippen LogP contribution in [0.1, 0.15) is 31.4 Å². The molecule has 106 valence electrons. The highest BCUT2D eigenvalue weighted by Gasteiger charge is 2.30. The first-order chi connectivity index (χ1) is 8.89. The molecule has 0 bridgehead atoms. The Hall–Kier alpha value is -1.00. The van der Waals surface area contributed by atoms with Gasteiger partial charge in [0.25, 0.3) is 0 Å². The highest BCUT2D eigenvalue weighted by Crippen LogP contribution is 2.24. The summed E-state index contributed by atoms with van der Waals surface area (Å²) in [5, 5.41) is 3.25. The van der Waals surface area contributed by atoms with Gasteiger partial charge in [0.15, 0.2) is 0 Å². The molecule has 0 saturated heterocycles. The smallest absolute Gasteiger partial charge is 0.238 e. The van der Waals surface area contributed by atoms with Crippen LogP contribution in [0.15, 0.2) is 23.1 Å². The van der Waals surface area contributed by atoms with Gasteiger partial charge in [-0.3, -0.25) is 4.79 Å². The fourth-order valence-corrected chi connectivity index (χ4v) is 2.77. The number of benzene rings is 1. The van der Waals surface area contributed by atoms with Gasteiger partial charge in [0.2, 0.25) is 5.91 Å². The van der Waals surface area contributed by atoms with E-state index in [0.29, 0.717) is 5.75 Å². The van der Waals surface area contributed by atoms with E-state index in [1.807, 2.05) is 6.92 Å². The molecule has 1 amide bonds. The lowest BCUT2D eigenvalue weighted by atomic mass is 10.0. The maximum absolute atomic E-state index is 11.6. The highest BCUT2D eigenvalue weighted by molar-refractivity contribution is 7.99. The summed E-state index contributed by atoms with van der Waals surface area (Å²) in [5.74, 6) is 0.350. The molecule has 0 aliphatic heterocycles. The molecule has 0 heterocycles. The molecule has 0 fully saturated rings. The van der Waals surface area contributed by atoms with Crippen molar-refractivity contribution in [2.75, 3.05) is 12.3 Å². The number of hydrogen-bond donors (Lipinski definition) is 2.